The molecule has 0 atom stereocenters. The van der Waals surface area contributed by atoms with Gasteiger partial charge in [-0.3, -0.25) is 0 Å². The van der Waals surface area contributed by atoms with Crippen LogP contribution in [-0.2, 0) is 0 Å². The van der Waals surface area contributed by atoms with Gasteiger partial charge < -0.3 is 4.57 Å². The second-order valence-corrected chi connectivity index (χ2v) is 4.45. The minimum atomic E-state index is 0.510. The first-order valence-corrected chi connectivity index (χ1v) is 5.32. The molecule has 3 heteroatoms. The highest BCUT2D eigenvalue weighted by molar-refractivity contribution is 5.43. The smallest absolute Gasteiger partial charge is 0.136 e. The number of aromatic nitrogens is 3. The minimum absolute atomic E-state index is 0.510. The number of fused-ring (bicyclic) bond motifs is 1. The molecule has 0 N–H and O–H groups in total. The van der Waals surface area contributed by atoms with Gasteiger partial charge in [-0.1, -0.05) is 0 Å². The zero-order valence-corrected chi connectivity index (χ0v) is 8.64. The molecule has 0 saturated heterocycles. The third-order valence-electron chi connectivity index (χ3n) is 2.92. The molecular formula is C11H15N3. The molecule has 1 aliphatic rings. The number of hydrogen-bond acceptors (Lipinski definition) is 1. The van der Waals surface area contributed by atoms with E-state index in [1.54, 1.807) is 0 Å². The molecule has 1 saturated carbocycles. The quantitative estimate of drug-likeness (QED) is 0.711. The van der Waals surface area contributed by atoms with E-state index in [9.17, 15) is 0 Å². The van der Waals surface area contributed by atoms with Crippen LogP contribution in [0.3, 0.4) is 0 Å². The highest BCUT2D eigenvalue weighted by Crippen LogP contribution is 2.39. The van der Waals surface area contributed by atoms with Crippen molar-refractivity contribution in [3.8, 4) is 0 Å². The molecule has 0 bridgehead atoms. The molecule has 0 spiro atoms. The normalized spacial score (nSPS) is 17.1. The standard InChI is InChI=1S/C11H15N3/c1-8(2)13-5-6-14-11(13)7-10(12-14)9-3-4-9/h5-9H,3-4H2,1-2H3. The van der Waals surface area contributed by atoms with Gasteiger partial charge in [-0.25, -0.2) is 4.52 Å². The van der Waals surface area contributed by atoms with Gasteiger partial charge in [0.05, 0.1) is 5.69 Å². The third kappa shape index (κ3) is 1.08. The number of rotatable bonds is 2. The summed E-state index contributed by atoms with van der Waals surface area (Å²) >= 11 is 0. The maximum atomic E-state index is 4.57. The van der Waals surface area contributed by atoms with Crippen molar-refractivity contribution >= 4 is 5.65 Å². The summed E-state index contributed by atoms with van der Waals surface area (Å²) < 4.78 is 4.26. The second-order valence-electron chi connectivity index (χ2n) is 4.45. The number of hydrogen-bond donors (Lipinski definition) is 0. The van der Waals surface area contributed by atoms with Crippen molar-refractivity contribution in [2.45, 2.75) is 38.6 Å². The highest BCUT2D eigenvalue weighted by atomic mass is 15.3. The lowest BCUT2D eigenvalue weighted by Gasteiger charge is -2.05. The molecule has 3 nitrogen and oxygen atoms in total. The van der Waals surface area contributed by atoms with Crippen LogP contribution < -0.4 is 0 Å². The van der Waals surface area contributed by atoms with Gasteiger partial charge in [0.1, 0.15) is 5.65 Å². The van der Waals surface area contributed by atoms with Gasteiger partial charge in [0.25, 0.3) is 0 Å². The zero-order valence-electron chi connectivity index (χ0n) is 8.64. The summed E-state index contributed by atoms with van der Waals surface area (Å²) in [5.74, 6) is 0.746. The first-order chi connectivity index (χ1) is 6.75. The average Bonchev–Trinajstić information content (AvgIpc) is 2.76. The van der Waals surface area contributed by atoms with Crippen LogP contribution in [0.25, 0.3) is 5.65 Å². The van der Waals surface area contributed by atoms with Crippen LogP contribution >= 0.6 is 0 Å². The van der Waals surface area contributed by atoms with E-state index in [2.05, 4.69) is 35.8 Å². The summed E-state index contributed by atoms with van der Waals surface area (Å²) in [5.41, 5.74) is 2.50. The fourth-order valence-corrected chi connectivity index (χ4v) is 1.93. The first kappa shape index (κ1) is 8.09. The van der Waals surface area contributed by atoms with E-state index in [-0.39, 0.29) is 0 Å². The molecule has 0 unspecified atom stereocenters. The van der Waals surface area contributed by atoms with Gasteiger partial charge in [-0.05, 0) is 26.7 Å². The van der Waals surface area contributed by atoms with E-state index in [4.69, 9.17) is 0 Å². The lowest BCUT2D eigenvalue weighted by Crippen LogP contribution is -1.97. The van der Waals surface area contributed by atoms with Gasteiger partial charge >= 0.3 is 0 Å². The number of nitrogens with zero attached hydrogens (tertiary/aromatic N) is 3. The van der Waals surface area contributed by atoms with Gasteiger partial charge in [0.15, 0.2) is 0 Å². The summed E-state index contributed by atoms with van der Waals surface area (Å²) in [5, 5.41) is 4.57. The zero-order chi connectivity index (χ0) is 9.71. The van der Waals surface area contributed by atoms with Crippen molar-refractivity contribution in [2.75, 3.05) is 0 Å². The van der Waals surface area contributed by atoms with Crippen LogP contribution in [0.2, 0.25) is 0 Å². The Balaban J connectivity index is 2.13. The molecule has 0 amide bonds. The predicted molar refractivity (Wildman–Crippen MR) is 55.5 cm³/mol. The van der Waals surface area contributed by atoms with E-state index in [0.29, 0.717) is 6.04 Å². The second kappa shape index (κ2) is 2.62. The molecule has 1 fully saturated rings. The molecule has 2 aromatic heterocycles. The van der Waals surface area contributed by atoms with Crippen LogP contribution in [0.5, 0.6) is 0 Å². The Hall–Kier alpha value is -1.25. The maximum Gasteiger partial charge on any atom is 0.136 e. The van der Waals surface area contributed by atoms with Crippen molar-refractivity contribution in [2.24, 2.45) is 0 Å². The fraction of sp³-hybridized carbons (Fsp3) is 0.545. The minimum Gasteiger partial charge on any atom is -0.329 e. The van der Waals surface area contributed by atoms with Crippen molar-refractivity contribution in [1.82, 2.24) is 14.2 Å². The maximum absolute atomic E-state index is 4.57. The SMILES string of the molecule is CC(C)n1ccn2nc(C3CC3)cc12. The molecule has 14 heavy (non-hydrogen) atoms. The fourth-order valence-electron chi connectivity index (χ4n) is 1.93. The Morgan fingerprint density at radius 2 is 2.14 bits per heavy atom. The summed E-state index contributed by atoms with van der Waals surface area (Å²) in [6.07, 6.45) is 6.79. The molecule has 2 heterocycles. The van der Waals surface area contributed by atoms with Gasteiger partial charge in [-0.2, -0.15) is 5.10 Å². The monoisotopic (exact) mass is 189 g/mol. The van der Waals surface area contributed by atoms with Gasteiger partial charge in [0, 0.05) is 30.4 Å². The van der Waals surface area contributed by atoms with Crippen molar-refractivity contribution < 1.29 is 0 Å². The van der Waals surface area contributed by atoms with Crippen molar-refractivity contribution in [3.63, 3.8) is 0 Å². The summed E-state index contributed by atoms with van der Waals surface area (Å²) in [4.78, 5) is 0. The Morgan fingerprint density at radius 1 is 1.36 bits per heavy atom. The van der Waals surface area contributed by atoms with E-state index >= 15 is 0 Å². The lowest BCUT2D eigenvalue weighted by atomic mass is 10.3. The summed E-state index contributed by atoms with van der Waals surface area (Å²) in [6, 6.07) is 2.74. The first-order valence-electron chi connectivity index (χ1n) is 5.32. The predicted octanol–water partition coefficient (Wildman–Crippen LogP) is 2.59. The van der Waals surface area contributed by atoms with Gasteiger partial charge in [-0.15, -0.1) is 0 Å². The average molecular weight is 189 g/mol. The Labute approximate surface area is 83.3 Å². The van der Waals surface area contributed by atoms with Crippen LogP contribution in [-0.4, -0.2) is 14.2 Å². The Morgan fingerprint density at radius 3 is 2.79 bits per heavy atom. The molecule has 3 rings (SSSR count). The topological polar surface area (TPSA) is 22.2 Å². The third-order valence-corrected chi connectivity index (χ3v) is 2.92. The number of imidazole rings is 1. The van der Waals surface area contributed by atoms with Crippen LogP contribution in [0.4, 0.5) is 0 Å². The van der Waals surface area contributed by atoms with E-state index in [1.807, 2.05) is 10.7 Å². The Bertz CT molecular complexity index is 460. The molecule has 74 valence electrons. The van der Waals surface area contributed by atoms with Crippen molar-refractivity contribution in [3.05, 3.63) is 24.2 Å². The van der Waals surface area contributed by atoms with Gasteiger partial charge in [0.2, 0.25) is 0 Å². The van der Waals surface area contributed by atoms with Crippen LogP contribution in [0, 0.1) is 0 Å². The van der Waals surface area contributed by atoms with Crippen LogP contribution in [0.15, 0.2) is 18.5 Å². The lowest BCUT2D eigenvalue weighted by molar-refractivity contribution is 0.619. The molecule has 2 aromatic rings. The molecule has 0 radical (unpaired) electrons. The van der Waals surface area contributed by atoms with Crippen molar-refractivity contribution in [1.29, 1.82) is 0 Å². The van der Waals surface area contributed by atoms with Crippen LogP contribution in [0.1, 0.15) is 44.3 Å². The summed E-state index contributed by atoms with van der Waals surface area (Å²) in [7, 11) is 0. The Kier molecular flexibility index (Phi) is 1.52. The van der Waals surface area contributed by atoms with E-state index in [0.717, 1.165) is 5.92 Å². The molecule has 0 aliphatic heterocycles. The summed E-state index contributed by atoms with van der Waals surface area (Å²) in [6.45, 7) is 4.40. The van der Waals surface area contributed by atoms with E-state index in [1.165, 1.54) is 24.2 Å². The largest absolute Gasteiger partial charge is 0.329 e. The molecular weight excluding hydrogens is 174 g/mol. The molecule has 1 aliphatic carbocycles. The highest BCUT2D eigenvalue weighted by Gasteiger charge is 2.26. The molecule has 0 aromatic carbocycles. The van der Waals surface area contributed by atoms with E-state index < -0.39 is 0 Å².